The van der Waals surface area contributed by atoms with Gasteiger partial charge in [-0.2, -0.15) is 0 Å². The maximum atomic E-state index is 13.7. The average molecular weight is 656 g/mol. The van der Waals surface area contributed by atoms with Gasteiger partial charge < -0.3 is 24.3 Å². The quantitative estimate of drug-likeness (QED) is 0.157. The molecule has 48 heavy (non-hydrogen) atoms. The number of hydrogen-bond donors (Lipinski definition) is 1. The highest BCUT2D eigenvalue weighted by Gasteiger charge is 2.40. The fourth-order valence-electron chi connectivity index (χ4n) is 6.86. The summed E-state index contributed by atoms with van der Waals surface area (Å²) in [5, 5.41) is 14.7. The first-order valence-electron chi connectivity index (χ1n) is 15.8. The summed E-state index contributed by atoms with van der Waals surface area (Å²) in [6.45, 7) is 5.64. The number of benzene rings is 3. The molecule has 1 atom stereocenters. The standard InChI is InChI=1S/C37H41N3O8/c1-24-32(35(41)47-5)34(26-7-6-8-29(23-26)40(43)44)33(25(2)38-24)36(42)48-22-21-39-19-17-37(18-20-39,27-9-13-30(45-3)14-10-27)28-11-15-31(46-4)16-12-28/h6-16,23,34,38H,17-22H2,1-5H3. The van der Waals surface area contributed by atoms with Crippen molar-refractivity contribution in [3.8, 4) is 11.5 Å². The molecule has 0 aliphatic carbocycles. The number of dihydropyridines is 1. The summed E-state index contributed by atoms with van der Waals surface area (Å²) in [4.78, 5) is 40.0. The predicted molar refractivity (Wildman–Crippen MR) is 180 cm³/mol. The number of nitro groups is 1. The Bertz CT molecular complexity index is 1670. The molecular formula is C37H41N3O8. The summed E-state index contributed by atoms with van der Waals surface area (Å²) in [5.74, 6) is -0.541. The van der Waals surface area contributed by atoms with Gasteiger partial charge in [-0.25, -0.2) is 9.59 Å². The zero-order valence-corrected chi connectivity index (χ0v) is 27.9. The third kappa shape index (κ3) is 6.91. The van der Waals surface area contributed by atoms with Crippen LogP contribution in [0.2, 0.25) is 0 Å². The number of esters is 2. The van der Waals surface area contributed by atoms with Gasteiger partial charge in [0.2, 0.25) is 0 Å². The molecule has 0 bridgehead atoms. The maximum absolute atomic E-state index is 13.7. The van der Waals surface area contributed by atoms with Gasteiger partial charge in [-0.15, -0.1) is 0 Å². The number of methoxy groups -OCH3 is 3. The highest BCUT2D eigenvalue weighted by Crippen LogP contribution is 2.43. The van der Waals surface area contributed by atoms with Crippen LogP contribution >= 0.6 is 0 Å². The van der Waals surface area contributed by atoms with Crippen molar-refractivity contribution in [2.75, 3.05) is 47.6 Å². The summed E-state index contributed by atoms with van der Waals surface area (Å²) in [6.07, 6.45) is 1.71. The molecule has 1 N–H and O–H groups in total. The van der Waals surface area contributed by atoms with Gasteiger partial charge in [0.1, 0.15) is 18.1 Å². The Labute approximate surface area is 280 Å². The van der Waals surface area contributed by atoms with Crippen LogP contribution in [-0.2, 0) is 24.5 Å². The Morgan fingerprint density at radius 1 is 0.854 bits per heavy atom. The van der Waals surface area contributed by atoms with E-state index in [1.54, 1.807) is 34.1 Å². The van der Waals surface area contributed by atoms with Crippen LogP contribution in [0.15, 0.2) is 95.3 Å². The molecule has 3 aromatic rings. The minimum absolute atomic E-state index is 0.131. The lowest BCUT2D eigenvalue weighted by Crippen LogP contribution is -2.44. The summed E-state index contributed by atoms with van der Waals surface area (Å²) in [6, 6.07) is 22.4. The Balaban J connectivity index is 1.31. The van der Waals surface area contributed by atoms with Crippen molar-refractivity contribution in [2.45, 2.75) is 38.0 Å². The molecule has 0 saturated carbocycles. The van der Waals surface area contributed by atoms with Crippen LogP contribution in [-0.4, -0.2) is 69.3 Å². The Morgan fingerprint density at radius 2 is 1.40 bits per heavy atom. The molecule has 252 valence electrons. The van der Waals surface area contributed by atoms with Crippen LogP contribution in [0, 0.1) is 10.1 Å². The third-order valence-corrected chi connectivity index (χ3v) is 9.44. The maximum Gasteiger partial charge on any atom is 0.336 e. The lowest BCUT2D eigenvalue weighted by Gasteiger charge is -2.43. The Morgan fingerprint density at radius 3 is 1.90 bits per heavy atom. The molecular weight excluding hydrogens is 614 g/mol. The van der Waals surface area contributed by atoms with Crippen molar-refractivity contribution in [2.24, 2.45) is 0 Å². The van der Waals surface area contributed by atoms with Crippen LogP contribution in [0.1, 0.15) is 49.3 Å². The van der Waals surface area contributed by atoms with Crippen LogP contribution in [0.3, 0.4) is 0 Å². The lowest BCUT2D eigenvalue weighted by molar-refractivity contribution is -0.384. The van der Waals surface area contributed by atoms with Crippen molar-refractivity contribution in [1.29, 1.82) is 0 Å². The number of carbonyl (C=O) groups is 2. The number of hydrogen-bond acceptors (Lipinski definition) is 10. The molecule has 1 fully saturated rings. The Hall–Kier alpha value is -5.16. The van der Waals surface area contributed by atoms with E-state index in [4.69, 9.17) is 18.9 Å². The van der Waals surface area contributed by atoms with E-state index >= 15 is 0 Å². The number of allylic oxidation sites excluding steroid dienone is 2. The van der Waals surface area contributed by atoms with Gasteiger partial charge in [0.05, 0.1) is 43.3 Å². The van der Waals surface area contributed by atoms with E-state index in [9.17, 15) is 19.7 Å². The molecule has 3 aromatic carbocycles. The second-order valence-electron chi connectivity index (χ2n) is 12.0. The lowest BCUT2D eigenvalue weighted by atomic mass is 9.68. The summed E-state index contributed by atoms with van der Waals surface area (Å²) < 4.78 is 21.7. The highest BCUT2D eigenvalue weighted by molar-refractivity contribution is 5.99. The van der Waals surface area contributed by atoms with Crippen molar-refractivity contribution < 1.29 is 33.5 Å². The van der Waals surface area contributed by atoms with Gasteiger partial charge in [0.15, 0.2) is 0 Å². The fourth-order valence-corrected chi connectivity index (χ4v) is 6.86. The molecule has 2 aliphatic rings. The molecule has 0 radical (unpaired) electrons. The zero-order chi connectivity index (χ0) is 34.4. The smallest absolute Gasteiger partial charge is 0.336 e. The molecule has 0 spiro atoms. The van der Waals surface area contributed by atoms with Crippen molar-refractivity contribution >= 4 is 17.6 Å². The number of likely N-dealkylation sites (tertiary alicyclic amines) is 1. The fraction of sp³-hybridized carbons (Fsp3) is 0.351. The molecule has 1 saturated heterocycles. The second kappa shape index (κ2) is 14.7. The first kappa shape index (κ1) is 34.2. The topological polar surface area (TPSA) is 129 Å². The van der Waals surface area contributed by atoms with E-state index in [0.717, 1.165) is 37.4 Å². The average Bonchev–Trinajstić information content (AvgIpc) is 3.11. The molecule has 1 unspecified atom stereocenters. The SMILES string of the molecule is COC(=O)C1=C(C)NC(C)=C(C(=O)OCCN2CCC(c3ccc(OC)cc3)(c3ccc(OC)cc3)CC2)C1c1cccc([N+](=O)[O-])c1. The zero-order valence-electron chi connectivity index (χ0n) is 27.9. The molecule has 0 amide bonds. The molecule has 2 aliphatic heterocycles. The number of rotatable bonds is 11. The number of piperidine rings is 1. The van der Waals surface area contributed by atoms with E-state index in [0.29, 0.717) is 23.5 Å². The second-order valence-corrected chi connectivity index (χ2v) is 12.0. The minimum Gasteiger partial charge on any atom is -0.497 e. The first-order valence-corrected chi connectivity index (χ1v) is 15.8. The monoisotopic (exact) mass is 655 g/mol. The van der Waals surface area contributed by atoms with Gasteiger partial charge in [-0.1, -0.05) is 36.4 Å². The summed E-state index contributed by atoms with van der Waals surface area (Å²) in [7, 11) is 4.57. The van der Waals surface area contributed by atoms with E-state index in [-0.39, 0.29) is 28.9 Å². The summed E-state index contributed by atoms with van der Waals surface area (Å²) in [5.41, 5.74) is 3.89. The van der Waals surface area contributed by atoms with E-state index in [2.05, 4.69) is 34.5 Å². The van der Waals surface area contributed by atoms with E-state index < -0.39 is 22.8 Å². The van der Waals surface area contributed by atoms with Gasteiger partial charge in [0, 0.05) is 35.5 Å². The normalized spacial score (nSPS) is 17.7. The largest absolute Gasteiger partial charge is 0.497 e. The van der Waals surface area contributed by atoms with Crippen LogP contribution in [0.4, 0.5) is 5.69 Å². The summed E-state index contributed by atoms with van der Waals surface area (Å²) >= 11 is 0. The highest BCUT2D eigenvalue weighted by atomic mass is 16.6. The number of carbonyl (C=O) groups excluding carboxylic acids is 2. The van der Waals surface area contributed by atoms with Crippen molar-refractivity contribution in [3.63, 3.8) is 0 Å². The number of nitrogens with zero attached hydrogens (tertiary/aromatic N) is 2. The molecule has 11 nitrogen and oxygen atoms in total. The molecule has 2 heterocycles. The van der Waals surface area contributed by atoms with Crippen LogP contribution in [0.25, 0.3) is 0 Å². The van der Waals surface area contributed by atoms with Crippen molar-refractivity contribution in [1.82, 2.24) is 10.2 Å². The van der Waals surface area contributed by atoms with Gasteiger partial charge in [0.25, 0.3) is 5.69 Å². The van der Waals surface area contributed by atoms with Gasteiger partial charge >= 0.3 is 11.9 Å². The predicted octanol–water partition coefficient (Wildman–Crippen LogP) is 5.65. The minimum atomic E-state index is -0.907. The molecule has 11 heteroatoms. The molecule has 0 aromatic heterocycles. The van der Waals surface area contributed by atoms with Crippen molar-refractivity contribution in [3.05, 3.63) is 122 Å². The van der Waals surface area contributed by atoms with E-state index in [1.165, 1.54) is 36.4 Å². The number of non-ortho nitro benzene ring substituents is 1. The van der Waals surface area contributed by atoms with Gasteiger partial charge in [-0.05, 0) is 80.7 Å². The first-order chi connectivity index (χ1) is 23.1. The van der Waals surface area contributed by atoms with Crippen LogP contribution < -0.4 is 14.8 Å². The Kier molecular flexibility index (Phi) is 10.5. The number of nitrogens with one attached hydrogen (secondary N) is 1. The van der Waals surface area contributed by atoms with E-state index in [1.807, 2.05) is 24.3 Å². The third-order valence-electron chi connectivity index (χ3n) is 9.44. The van der Waals surface area contributed by atoms with Crippen LogP contribution in [0.5, 0.6) is 11.5 Å². The van der Waals surface area contributed by atoms with Gasteiger partial charge in [-0.3, -0.25) is 15.0 Å². The molecule has 5 rings (SSSR count). The number of ether oxygens (including phenoxy) is 4. The number of nitro benzene ring substituents is 1.